The first-order valence-corrected chi connectivity index (χ1v) is 9.49. The van der Waals surface area contributed by atoms with Crippen molar-refractivity contribution < 1.29 is 0 Å². The van der Waals surface area contributed by atoms with Crippen molar-refractivity contribution in [2.24, 2.45) is 0 Å². The van der Waals surface area contributed by atoms with Crippen molar-refractivity contribution in [1.82, 2.24) is 19.9 Å². The molecule has 4 N–H and O–H groups in total. The number of hydrogen-bond donors (Lipinski definition) is 3. The summed E-state index contributed by atoms with van der Waals surface area (Å²) in [6.45, 7) is 4.98. The van der Waals surface area contributed by atoms with Gasteiger partial charge in [-0.25, -0.2) is 9.97 Å². The van der Waals surface area contributed by atoms with Gasteiger partial charge < -0.3 is 16.0 Å². The summed E-state index contributed by atoms with van der Waals surface area (Å²) in [5.41, 5.74) is 12.4. The number of para-hydroxylation sites is 2. The molecule has 0 saturated heterocycles. The number of benzene rings is 2. The number of rotatable bonds is 6. The predicted octanol–water partition coefficient (Wildman–Crippen LogP) is 4.26. The van der Waals surface area contributed by atoms with Gasteiger partial charge in [0.05, 0.1) is 16.7 Å². The highest BCUT2D eigenvalue weighted by molar-refractivity contribution is 5.74. The quantitative estimate of drug-likeness (QED) is 0.440. The van der Waals surface area contributed by atoms with E-state index in [9.17, 15) is 0 Å². The average molecular weight is 372 g/mol. The van der Waals surface area contributed by atoms with Crippen molar-refractivity contribution in [3.63, 3.8) is 0 Å². The van der Waals surface area contributed by atoms with Gasteiger partial charge in [0, 0.05) is 24.6 Å². The Kier molecular flexibility index (Phi) is 4.93. The number of imidazole rings is 1. The Morgan fingerprint density at radius 1 is 1.00 bits per heavy atom. The highest BCUT2D eigenvalue weighted by Crippen LogP contribution is 2.26. The van der Waals surface area contributed by atoms with Crippen LogP contribution in [0.5, 0.6) is 0 Å². The lowest BCUT2D eigenvalue weighted by atomic mass is 10.0. The lowest BCUT2D eigenvalue weighted by molar-refractivity contribution is 0.817. The Balaban J connectivity index is 1.42. The van der Waals surface area contributed by atoms with Crippen LogP contribution >= 0.6 is 0 Å². The zero-order chi connectivity index (χ0) is 19.5. The number of H-pyrrole nitrogens is 1. The van der Waals surface area contributed by atoms with Gasteiger partial charge in [0.15, 0.2) is 0 Å². The second kappa shape index (κ2) is 7.68. The first-order valence-electron chi connectivity index (χ1n) is 9.49. The molecule has 2 heterocycles. The number of aromatic amines is 1. The summed E-state index contributed by atoms with van der Waals surface area (Å²) in [6, 6.07) is 16.2. The molecule has 6 nitrogen and oxygen atoms in total. The van der Waals surface area contributed by atoms with Crippen molar-refractivity contribution in [3.05, 3.63) is 65.5 Å². The molecule has 0 aliphatic carbocycles. The summed E-state index contributed by atoms with van der Waals surface area (Å²) in [6.07, 6.45) is 1.80. The molecule has 4 rings (SSSR count). The molecule has 2 aromatic carbocycles. The van der Waals surface area contributed by atoms with Crippen LogP contribution in [-0.4, -0.2) is 26.5 Å². The fraction of sp³-hybridized carbons (Fsp3) is 0.227. The maximum absolute atomic E-state index is 5.95. The predicted molar refractivity (Wildman–Crippen MR) is 114 cm³/mol. The largest absolute Gasteiger partial charge is 0.370 e. The van der Waals surface area contributed by atoms with Crippen LogP contribution in [0.15, 0.2) is 48.5 Å². The summed E-state index contributed by atoms with van der Waals surface area (Å²) < 4.78 is 0. The van der Waals surface area contributed by atoms with Crippen molar-refractivity contribution in [2.75, 3.05) is 17.6 Å². The third-order valence-electron chi connectivity index (χ3n) is 4.96. The molecule has 0 amide bonds. The van der Waals surface area contributed by atoms with Crippen molar-refractivity contribution in [2.45, 2.75) is 26.7 Å². The first kappa shape index (κ1) is 18.0. The fourth-order valence-electron chi connectivity index (χ4n) is 3.32. The normalized spacial score (nSPS) is 11.1. The summed E-state index contributed by atoms with van der Waals surface area (Å²) in [5, 5.41) is 3.36. The maximum atomic E-state index is 5.95. The van der Waals surface area contributed by atoms with Gasteiger partial charge in [0.2, 0.25) is 5.95 Å². The van der Waals surface area contributed by atoms with Crippen molar-refractivity contribution in [1.29, 1.82) is 0 Å². The van der Waals surface area contributed by atoms with E-state index >= 15 is 0 Å². The number of fused-ring (bicyclic) bond motifs is 1. The molecule has 2 aromatic heterocycles. The second-order valence-corrected chi connectivity index (χ2v) is 6.98. The standard InChI is InChI=1S/C22H24N6/c1-14-7-5-8-16(15(14)2)19-13-21(28-22(23)27-19)24-12-6-11-20-25-17-9-3-4-10-18(17)26-20/h3-5,7-10,13H,6,11-12H2,1-2H3,(H,25,26)(H3,23,24,27,28). The molecule has 0 bridgehead atoms. The lowest BCUT2D eigenvalue weighted by Gasteiger charge is -2.11. The van der Waals surface area contributed by atoms with E-state index in [2.05, 4.69) is 51.2 Å². The monoisotopic (exact) mass is 372 g/mol. The summed E-state index contributed by atoms with van der Waals surface area (Å²) in [5.74, 6) is 2.02. The van der Waals surface area contributed by atoms with Gasteiger partial charge in [0.1, 0.15) is 11.6 Å². The molecular formula is C22H24N6. The van der Waals surface area contributed by atoms with E-state index in [1.807, 2.05) is 36.4 Å². The van der Waals surface area contributed by atoms with E-state index in [-0.39, 0.29) is 5.95 Å². The van der Waals surface area contributed by atoms with Crippen LogP contribution in [0.25, 0.3) is 22.3 Å². The van der Waals surface area contributed by atoms with E-state index < -0.39 is 0 Å². The molecule has 0 aliphatic heterocycles. The van der Waals surface area contributed by atoms with E-state index in [1.54, 1.807) is 0 Å². The minimum absolute atomic E-state index is 0.276. The lowest BCUT2D eigenvalue weighted by Crippen LogP contribution is -2.08. The number of aromatic nitrogens is 4. The molecule has 0 saturated carbocycles. The van der Waals surface area contributed by atoms with Gasteiger partial charge in [-0.05, 0) is 43.5 Å². The van der Waals surface area contributed by atoms with E-state index in [1.165, 1.54) is 11.1 Å². The van der Waals surface area contributed by atoms with Gasteiger partial charge >= 0.3 is 0 Å². The molecule has 4 aromatic rings. The van der Waals surface area contributed by atoms with E-state index in [4.69, 9.17) is 5.73 Å². The smallest absolute Gasteiger partial charge is 0.222 e. The molecule has 142 valence electrons. The van der Waals surface area contributed by atoms with Crippen LogP contribution in [-0.2, 0) is 6.42 Å². The van der Waals surface area contributed by atoms with Crippen LogP contribution in [0.2, 0.25) is 0 Å². The van der Waals surface area contributed by atoms with Crippen LogP contribution in [0, 0.1) is 13.8 Å². The van der Waals surface area contributed by atoms with Crippen LogP contribution in [0.3, 0.4) is 0 Å². The van der Waals surface area contributed by atoms with Gasteiger partial charge in [-0.3, -0.25) is 0 Å². The summed E-state index contributed by atoms with van der Waals surface area (Å²) in [7, 11) is 0. The third kappa shape index (κ3) is 3.81. The molecular weight excluding hydrogens is 348 g/mol. The Hall–Kier alpha value is -3.41. The molecule has 0 fully saturated rings. The first-order chi connectivity index (χ1) is 13.6. The topological polar surface area (TPSA) is 92.5 Å². The summed E-state index contributed by atoms with van der Waals surface area (Å²) >= 11 is 0. The van der Waals surface area contributed by atoms with Crippen LogP contribution in [0.1, 0.15) is 23.4 Å². The molecule has 6 heteroatoms. The Bertz CT molecular complexity index is 1080. The molecule has 0 spiro atoms. The number of aryl methyl sites for hydroxylation is 2. The van der Waals surface area contributed by atoms with Crippen molar-refractivity contribution >= 4 is 22.8 Å². The average Bonchev–Trinajstić information content (AvgIpc) is 3.10. The third-order valence-corrected chi connectivity index (χ3v) is 4.96. The van der Waals surface area contributed by atoms with Gasteiger partial charge in [-0.2, -0.15) is 4.98 Å². The van der Waals surface area contributed by atoms with Crippen LogP contribution < -0.4 is 11.1 Å². The summed E-state index contributed by atoms with van der Waals surface area (Å²) in [4.78, 5) is 16.7. The SMILES string of the molecule is Cc1cccc(-c2cc(NCCCc3nc4ccccc4[nH]3)nc(N)n2)c1C. The number of nitrogens with zero attached hydrogens (tertiary/aromatic N) is 3. The zero-order valence-electron chi connectivity index (χ0n) is 16.2. The maximum Gasteiger partial charge on any atom is 0.222 e. The molecule has 0 radical (unpaired) electrons. The highest BCUT2D eigenvalue weighted by Gasteiger charge is 2.09. The van der Waals surface area contributed by atoms with Gasteiger partial charge in [-0.1, -0.05) is 30.3 Å². The zero-order valence-corrected chi connectivity index (χ0v) is 16.2. The number of hydrogen-bond acceptors (Lipinski definition) is 5. The fourth-order valence-corrected chi connectivity index (χ4v) is 3.32. The number of nitrogen functional groups attached to an aromatic ring is 1. The molecule has 0 aliphatic rings. The highest BCUT2D eigenvalue weighted by atomic mass is 15.1. The molecule has 0 unspecified atom stereocenters. The van der Waals surface area contributed by atoms with E-state index in [0.717, 1.165) is 53.3 Å². The minimum atomic E-state index is 0.276. The second-order valence-electron chi connectivity index (χ2n) is 6.98. The number of nitrogens with one attached hydrogen (secondary N) is 2. The number of anilines is 2. The van der Waals surface area contributed by atoms with Gasteiger partial charge in [0.25, 0.3) is 0 Å². The molecule has 0 atom stereocenters. The molecule has 28 heavy (non-hydrogen) atoms. The van der Waals surface area contributed by atoms with Crippen LogP contribution in [0.4, 0.5) is 11.8 Å². The minimum Gasteiger partial charge on any atom is -0.370 e. The Labute approximate surface area is 164 Å². The van der Waals surface area contributed by atoms with E-state index in [0.29, 0.717) is 0 Å². The Morgan fingerprint density at radius 3 is 2.71 bits per heavy atom. The van der Waals surface area contributed by atoms with Gasteiger partial charge in [-0.15, -0.1) is 0 Å². The Morgan fingerprint density at radius 2 is 1.86 bits per heavy atom. The van der Waals surface area contributed by atoms with Crippen molar-refractivity contribution in [3.8, 4) is 11.3 Å². The number of nitrogens with two attached hydrogens (primary N) is 1.